The van der Waals surface area contributed by atoms with Crippen molar-refractivity contribution in [3.8, 4) is 0 Å². The summed E-state index contributed by atoms with van der Waals surface area (Å²) >= 11 is 0. The molecular weight excluding hydrogens is 496 g/mol. The van der Waals surface area contributed by atoms with E-state index in [4.69, 9.17) is 4.74 Å². The van der Waals surface area contributed by atoms with Gasteiger partial charge in [0.1, 0.15) is 17.8 Å². The Morgan fingerprint density at radius 3 is 2.21 bits per heavy atom. The molecule has 2 heterocycles. The number of hydrogen-bond acceptors (Lipinski definition) is 7. The summed E-state index contributed by atoms with van der Waals surface area (Å²) < 4.78 is 6.65. The predicted octanol–water partition coefficient (Wildman–Crippen LogP) is 4.12. The first-order valence-corrected chi connectivity index (χ1v) is 12.2. The molecule has 1 unspecified atom stereocenters. The molecule has 0 aliphatic heterocycles. The standard InChI is InChI=1S/C29H24N6O4/c36-27(24-16-9-10-18-30-24)34(19-21-11-3-1-4-12-21)28(37)26(35-25-17-8-7-15-23(25)32-33-35)31-29(38)39-20-22-13-5-2-6-14-22/h1-18,26H,19-20H2,(H,31,38). The van der Waals surface area contributed by atoms with Crippen LogP contribution < -0.4 is 5.32 Å². The van der Waals surface area contributed by atoms with Crippen molar-refractivity contribution in [2.24, 2.45) is 0 Å². The van der Waals surface area contributed by atoms with E-state index in [0.717, 1.165) is 10.5 Å². The van der Waals surface area contributed by atoms with Gasteiger partial charge in [-0.3, -0.25) is 24.8 Å². The van der Waals surface area contributed by atoms with Crippen molar-refractivity contribution in [2.45, 2.75) is 19.3 Å². The molecule has 1 N–H and O–H groups in total. The molecule has 0 saturated heterocycles. The third kappa shape index (κ3) is 5.96. The number of carbonyl (C=O) groups excluding carboxylic acids is 3. The molecule has 0 aliphatic carbocycles. The molecule has 2 aromatic heterocycles. The highest BCUT2D eigenvalue weighted by Crippen LogP contribution is 2.19. The van der Waals surface area contributed by atoms with Crippen LogP contribution in [-0.2, 0) is 22.7 Å². The molecule has 0 fully saturated rings. The fraction of sp³-hybridized carbons (Fsp3) is 0.103. The zero-order valence-corrected chi connectivity index (χ0v) is 20.8. The minimum Gasteiger partial charge on any atom is -0.445 e. The Kier molecular flexibility index (Phi) is 7.63. The number of imide groups is 1. The third-order valence-electron chi connectivity index (χ3n) is 5.90. The van der Waals surface area contributed by atoms with Gasteiger partial charge in [-0.2, -0.15) is 0 Å². The predicted molar refractivity (Wildman–Crippen MR) is 142 cm³/mol. The van der Waals surface area contributed by atoms with Gasteiger partial charge in [-0.05, 0) is 35.4 Å². The van der Waals surface area contributed by atoms with Crippen LogP contribution in [0.5, 0.6) is 0 Å². The molecular formula is C29H24N6O4. The summed E-state index contributed by atoms with van der Waals surface area (Å²) in [6, 6.07) is 30.0. The molecule has 0 aliphatic rings. The summed E-state index contributed by atoms with van der Waals surface area (Å²) in [5.74, 6) is -1.36. The summed E-state index contributed by atoms with van der Waals surface area (Å²) in [6.07, 6.45) is -0.821. The highest BCUT2D eigenvalue weighted by atomic mass is 16.5. The average molecular weight is 521 g/mol. The second-order valence-corrected chi connectivity index (χ2v) is 8.56. The van der Waals surface area contributed by atoms with Gasteiger partial charge in [-0.15, -0.1) is 5.10 Å². The van der Waals surface area contributed by atoms with Crippen LogP contribution in [0, 0.1) is 0 Å². The van der Waals surface area contributed by atoms with Gasteiger partial charge < -0.3 is 4.74 Å². The topological polar surface area (TPSA) is 119 Å². The molecule has 3 aromatic carbocycles. The minimum atomic E-state index is -1.43. The molecule has 5 rings (SSSR count). The number of benzene rings is 3. The Morgan fingerprint density at radius 2 is 1.49 bits per heavy atom. The second-order valence-electron chi connectivity index (χ2n) is 8.56. The van der Waals surface area contributed by atoms with Crippen LogP contribution in [0.15, 0.2) is 109 Å². The first-order chi connectivity index (χ1) is 19.1. The van der Waals surface area contributed by atoms with Crippen LogP contribution in [0.25, 0.3) is 11.0 Å². The van der Waals surface area contributed by atoms with Gasteiger partial charge in [-0.25, -0.2) is 9.48 Å². The smallest absolute Gasteiger partial charge is 0.409 e. The Balaban J connectivity index is 1.49. The number of nitrogens with zero attached hydrogens (tertiary/aromatic N) is 5. The Bertz CT molecular complexity index is 1580. The number of hydrogen-bond donors (Lipinski definition) is 1. The van der Waals surface area contributed by atoms with E-state index in [1.807, 2.05) is 48.5 Å². The fourth-order valence-electron chi connectivity index (χ4n) is 3.97. The van der Waals surface area contributed by atoms with E-state index in [-0.39, 0.29) is 18.8 Å². The monoisotopic (exact) mass is 520 g/mol. The molecule has 5 aromatic rings. The van der Waals surface area contributed by atoms with Gasteiger partial charge in [0.15, 0.2) is 0 Å². The maximum atomic E-state index is 14.1. The zero-order chi connectivity index (χ0) is 27.0. The van der Waals surface area contributed by atoms with Crippen LogP contribution in [0.1, 0.15) is 27.8 Å². The molecule has 10 heteroatoms. The van der Waals surface area contributed by atoms with E-state index >= 15 is 0 Å². The molecule has 194 valence electrons. The molecule has 0 spiro atoms. The van der Waals surface area contributed by atoms with E-state index < -0.39 is 24.1 Å². The molecule has 0 saturated carbocycles. The lowest BCUT2D eigenvalue weighted by molar-refractivity contribution is -0.133. The highest BCUT2D eigenvalue weighted by Gasteiger charge is 2.34. The quantitative estimate of drug-likeness (QED) is 0.327. The molecule has 0 radical (unpaired) electrons. The van der Waals surface area contributed by atoms with E-state index in [2.05, 4.69) is 20.6 Å². The number of rotatable bonds is 8. The molecule has 39 heavy (non-hydrogen) atoms. The highest BCUT2D eigenvalue weighted by molar-refractivity contribution is 6.05. The van der Waals surface area contributed by atoms with Gasteiger partial charge in [0.25, 0.3) is 11.8 Å². The number of carbonyl (C=O) groups is 3. The van der Waals surface area contributed by atoms with Crippen molar-refractivity contribution < 1.29 is 19.1 Å². The van der Waals surface area contributed by atoms with E-state index in [1.54, 1.807) is 48.5 Å². The number of nitrogens with one attached hydrogen (secondary N) is 1. The summed E-state index contributed by atoms with van der Waals surface area (Å²) in [4.78, 5) is 45.8. The van der Waals surface area contributed by atoms with Gasteiger partial charge in [0.2, 0.25) is 6.17 Å². The van der Waals surface area contributed by atoms with E-state index in [9.17, 15) is 14.4 Å². The normalized spacial score (nSPS) is 11.5. The maximum absolute atomic E-state index is 14.1. The van der Waals surface area contributed by atoms with Crippen molar-refractivity contribution >= 4 is 28.9 Å². The van der Waals surface area contributed by atoms with Gasteiger partial charge in [-0.1, -0.05) is 84.1 Å². The SMILES string of the molecule is O=C(NC(C(=O)N(Cc1ccccc1)C(=O)c1ccccn1)n1nnc2ccccc21)OCc1ccccc1. The van der Waals surface area contributed by atoms with Crippen LogP contribution in [-0.4, -0.2) is 42.8 Å². The Hall–Kier alpha value is -5.38. The first kappa shape index (κ1) is 25.3. The van der Waals surface area contributed by atoms with Crippen molar-refractivity contribution in [1.29, 1.82) is 0 Å². The van der Waals surface area contributed by atoms with Crippen LogP contribution in [0.3, 0.4) is 0 Å². The number of para-hydroxylation sites is 1. The lowest BCUT2D eigenvalue weighted by Crippen LogP contribution is -2.48. The lowest BCUT2D eigenvalue weighted by Gasteiger charge is -2.26. The first-order valence-electron chi connectivity index (χ1n) is 12.2. The molecule has 1 atom stereocenters. The lowest BCUT2D eigenvalue weighted by atomic mass is 10.2. The summed E-state index contributed by atoms with van der Waals surface area (Å²) in [7, 11) is 0. The van der Waals surface area contributed by atoms with Crippen molar-refractivity contribution in [2.75, 3.05) is 0 Å². The Labute approximate surface area is 223 Å². The van der Waals surface area contributed by atoms with Crippen LogP contribution >= 0.6 is 0 Å². The zero-order valence-electron chi connectivity index (χ0n) is 20.8. The number of aromatic nitrogens is 4. The summed E-state index contributed by atoms with van der Waals surface area (Å²) in [5, 5.41) is 10.8. The third-order valence-corrected chi connectivity index (χ3v) is 5.90. The van der Waals surface area contributed by atoms with Gasteiger partial charge >= 0.3 is 6.09 Å². The minimum absolute atomic E-state index is 0.00765. The molecule has 3 amide bonds. The molecule has 10 nitrogen and oxygen atoms in total. The average Bonchev–Trinajstić information content (AvgIpc) is 3.42. The molecule has 0 bridgehead atoms. The number of amides is 3. The van der Waals surface area contributed by atoms with E-state index in [0.29, 0.717) is 16.6 Å². The second kappa shape index (κ2) is 11.8. The van der Waals surface area contributed by atoms with Crippen molar-refractivity contribution in [3.05, 3.63) is 126 Å². The summed E-state index contributed by atoms with van der Waals surface area (Å²) in [6.45, 7) is -0.0642. The van der Waals surface area contributed by atoms with Gasteiger partial charge in [0.05, 0.1) is 12.1 Å². The number of alkyl carbamates (subject to hydrolysis) is 1. The number of pyridine rings is 1. The maximum Gasteiger partial charge on any atom is 0.409 e. The largest absolute Gasteiger partial charge is 0.445 e. The van der Waals surface area contributed by atoms with Crippen molar-refractivity contribution in [1.82, 2.24) is 30.2 Å². The fourth-order valence-corrected chi connectivity index (χ4v) is 3.97. The van der Waals surface area contributed by atoms with Crippen LogP contribution in [0.2, 0.25) is 0 Å². The Morgan fingerprint density at radius 1 is 0.821 bits per heavy atom. The van der Waals surface area contributed by atoms with Crippen molar-refractivity contribution in [3.63, 3.8) is 0 Å². The summed E-state index contributed by atoms with van der Waals surface area (Å²) in [5.41, 5.74) is 2.57. The number of fused-ring (bicyclic) bond motifs is 1. The number of ether oxygens (including phenoxy) is 1. The van der Waals surface area contributed by atoms with Gasteiger partial charge in [0, 0.05) is 6.20 Å². The van der Waals surface area contributed by atoms with E-state index in [1.165, 1.54) is 16.9 Å². The van der Waals surface area contributed by atoms with Crippen LogP contribution in [0.4, 0.5) is 4.79 Å².